The highest BCUT2D eigenvalue weighted by Crippen LogP contribution is 2.39. The zero-order chi connectivity index (χ0) is 41.5. The smallest absolute Gasteiger partial charge is 0.254 e. The average Bonchev–Trinajstić information content (AvgIpc) is 3.63. The van der Waals surface area contributed by atoms with Gasteiger partial charge in [0.25, 0.3) is 5.91 Å². The van der Waals surface area contributed by atoms with Gasteiger partial charge in [0.05, 0.1) is 11.0 Å². The number of nitrogen functional groups attached to an aromatic ring is 1. The summed E-state index contributed by atoms with van der Waals surface area (Å²) in [6, 6.07) is 49.8. The Bertz CT molecular complexity index is 2550. The topological polar surface area (TPSA) is 117 Å². The SMILES string of the molecule is N=C(N)c1ccc(CCc2nc3cc(C(=O)N(Cc4ccc(CN)cc4)Cc4ccccc4F)ccc3n2CC2(c3ccccc3)CCN(Cc3ccccc3)CC2)cc1. The second-order valence-corrected chi connectivity index (χ2v) is 16.1. The molecule has 1 amide bonds. The number of nitrogens with one attached hydrogen (secondary N) is 1. The highest BCUT2D eigenvalue weighted by Gasteiger charge is 2.37. The minimum absolute atomic E-state index is 0.0479. The van der Waals surface area contributed by atoms with Gasteiger partial charge in [0.15, 0.2) is 0 Å². The van der Waals surface area contributed by atoms with Crippen molar-refractivity contribution < 1.29 is 9.18 Å². The summed E-state index contributed by atoms with van der Waals surface area (Å²) in [5.74, 6) is 0.459. The van der Waals surface area contributed by atoms with Gasteiger partial charge in [-0.1, -0.05) is 127 Å². The molecule has 0 radical (unpaired) electrons. The number of hydrogen-bond acceptors (Lipinski definition) is 5. The molecule has 7 aromatic rings. The van der Waals surface area contributed by atoms with Gasteiger partial charge in [-0.3, -0.25) is 15.1 Å². The van der Waals surface area contributed by atoms with E-state index in [2.05, 4.69) is 70.1 Å². The van der Waals surface area contributed by atoms with E-state index in [1.807, 2.05) is 66.7 Å². The molecule has 0 bridgehead atoms. The van der Waals surface area contributed by atoms with Gasteiger partial charge in [0.2, 0.25) is 0 Å². The third-order valence-electron chi connectivity index (χ3n) is 12.1. The molecule has 8 nitrogen and oxygen atoms in total. The summed E-state index contributed by atoms with van der Waals surface area (Å²) >= 11 is 0. The predicted molar refractivity (Wildman–Crippen MR) is 238 cm³/mol. The minimum atomic E-state index is -0.346. The molecule has 8 rings (SSSR count). The number of likely N-dealkylation sites (tertiary alicyclic amines) is 1. The summed E-state index contributed by atoms with van der Waals surface area (Å²) in [5, 5.41) is 7.84. The number of benzene rings is 6. The molecule has 1 fully saturated rings. The van der Waals surface area contributed by atoms with E-state index >= 15 is 4.39 Å². The van der Waals surface area contributed by atoms with Crippen molar-refractivity contribution in [3.63, 3.8) is 0 Å². The number of imidazole rings is 1. The van der Waals surface area contributed by atoms with Gasteiger partial charge in [-0.15, -0.1) is 0 Å². The number of carbonyl (C=O) groups excluding carboxylic acids is 1. The Kier molecular flexibility index (Phi) is 12.3. The summed E-state index contributed by atoms with van der Waals surface area (Å²) in [6.45, 7) is 4.47. The highest BCUT2D eigenvalue weighted by atomic mass is 19.1. The van der Waals surface area contributed by atoms with Crippen molar-refractivity contribution in [1.82, 2.24) is 19.4 Å². The fourth-order valence-corrected chi connectivity index (χ4v) is 8.62. The molecule has 0 spiro atoms. The van der Waals surface area contributed by atoms with Crippen LogP contribution in [0.15, 0.2) is 152 Å². The molecular formula is C51H52FN7O. The van der Waals surface area contributed by atoms with Gasteiger partial charge < -0.3 is 20.9 Å². The Labute approximate surface area is 351 Å². The number of fused-ring (bicyclic) bond motifs is 1. The lowest BCUT2D eigenvalue weighted by Gasteiger charge is -2.43. The summed E-state index contributed by atoms with van der Waals surface area (Å²) in [6.07, 6.45) is 3.41. The summed E-state index contributed by atoms with van der Waals surface area (Å²) < 4.78 is 17.4. The van der Waals surface area contributed by atoms with E-state index in [4.69, 9.17) is 21.9 Å². The number of rotatable bonds is 15. The first-order chi connectivity index (χ1) is 29.3. The van der Waals surface area contributed by atoms with Gasteiger partial charge in [-0.2, -0.15) is 0 Å². The lowest BCUT2D eigenvalue weighted by atomic mass is 9.72. The fraction of sp³-hybridized carbons (Fsp3) is 0.235. The molecule has 6 aromatic carbocycles. The molecular weight excluding hydrogens is 746 g/mol. The summed E-state index contributed by atoms with van der Waals surface area (Å²) in [4.78, 5) is 24.1. The summed E-state index contributed by atoms with van der Waals surface area (Å²) in [5.41, 5.74) is 20.6. The van der Waals surface area contributed by atoms with Gasteiger partial charge in [-0.05, 0) is 84.4 Å². The maximum atomic E-state index is 15.0. The van der Waals surface area contributed by atoms with Crippen molar-refractivity contribution in [3.8, 4) is 0 Å². The Morgan fingerprint density at radius 3 is 2.03 bits per heavy atom. The molecule has 1 aromatic heterocycles. The van der Waals surface area contributed by atoms with E-state index in [9.17, 15) is 4.79 Å². The number of piperidine rings is 1. The minimum Gasteiger partial charge on any atom is -0.384 e. The number of amidine groups is 1. The van der Waals surface area contributed by atoms with Crippen LogP contribution in [0.25, 0.3) is 11.0 Å². The standard InChI is InChI=1S/C51H52FN7O/c52-45-14-8-7-11-43(45)35-58(34-40-17-15-38(32-53)16-18-40)50(60)42-24-25-47-46(31-42)56-48(26-21-37-19-22-41(23-20-37)49(54)55)59(47)36-51(44-12-5-2-6-13-44)27-29-57(30-28-51)33-39-9-3-1-4-10-39/h1-20,22-25,31H,21,26-30,32-36,53H2,(H3,54,55). The number of hydrogen-bond donors (Lipinski definition) is 3. The third kappa shape index (κ3) is 9.23. The molecule has 9 heteroatoms. The fourth-order valence-electron chi connectivity index (χ4n) is 8.62. The maximum Gasteiger partial charge on any atom is 0.254 e. The van der Waals surface area contributed by atoms with Crippen LogP contribution in [0.5, 0.6) is 0 Å². The van der Waals surface area contributed by atoms with Gasteiger partial charge in [0, 0.05) is 61.2 Å². The average molecular weight is 798 g/mol. The van der Waals surface area contributed by atoms with Crippen molar-refractivity contribution in [3.05, 3.63) is 208 Å². The molecule has 0 saturated carbocycles. The second-order valence-electron chi connectivity index (χ2n) is 16.1. The lowest BCUT2D eigenvalue weighted by molar-refractivity contribution is 0.0728. The number of carbonyl (C=O) groups is 1. The Balaban J connectivity index is 1.14. The van der Waals surface area contributed by atoms with Crippen LogP contribution in [0.4, 0.5) is 4.39 Å². The maximum absolute atomic E-state index is 15.0. The molecule has 0 atom stereocenters. The molecule has 0 aliphatic carbocycles. The molecule has 2 heterocycles. The Hall–Kier alpha value is -6.42. The van der Waals surface area contributed by atoms with Crippen LogP contribution in [0.1, 0.15) is 68.0 Å². The van der Waals surface area contributed by atoms with Crippen LogP contribution in [0, 0.1) is 11.2 Å². The Morgan fingerprint density at radius 2 is 1.35 bits per heavy atom. The van der Waals surface area contributed by atoms with Crippen molar-refractivity contribution in [1.29, 1.82) is 5.41 Å². The molecule has 60 heavy (non-hydrogen) atoms. The van der Waals surface area contributed by atoms with Crippen LogP contribution in [0.2, 0.25) is 0 Å². The molecule has 304 valence electrons. The van der Waals surface area contributed by atoms with E-state index in [1.165, 1.54) is 17.2 Å². The molecule has 1 aliphatic rings. The molecule has 1 aliphatic heterocycles. The number of halogens is 1. The number of aryl methyl sites for hydroxylation is 2. The van der Waals surface area contributed by atoms with Crippen LogP contribution < -0.4 is 11.5 Å². The van der Waals surface area contributed by atoms with Crippen LogP contribution in [-0.2, 0) is 51.0 Å². The van der Waals surface area contributed by atoms with Crippen LogP contribution in [0.3, 0.4) is 0 Å². The van der Waals surface area contributed by atoms with E-state index in [1.54, 1.807) is 23.1 Å². The van der Waals surface area contributed by atoms with Crippen molar-refractivity contribution in [2.45, 2.75) is 63.8 Å². The highest BCUT2D eigenvalue weighted by molar-refractivity contribution is 5.97. The first-order valence-electron chi connectivity index (χ1n) is 20.8. The first kappa shape index (κ1) is 40.4. The number of nitrogens with zero attached hydrogens (tertiary/aromatic N) is 4. The van der Waals surface area contributed by atoms with Crippen LogP contribution in [-0.4, -0.2) is 44.2 Å². The van der Waals surface area contributed by atoms with Crippen molar-refractivity contribution >= 4 is 22.8 Å². The van der Waals surface area contributed by atoms with Gasteiger partial charge >= 0.3 is 0 Å². The number of nitrogens with two attached hydrogens (primary N) is 2. The second kappa shape index (κ2) is 18.2. The van der Waals surface area contributed by atoms with E-state index < -0.39 is 0 Å². The zero-order valence-electron chi connectivity index (χ0n) is 33.9. The van der Waals surface area contributed by atoms with Gasteiger partial charge in [-0.25, -0.2) is 9.37 Å². The molecule has 5 N–H and O–H groups in total. The van der Waals surface area contributed by atoms with Gasteiger partial charge in [0.1, 0.15) is 17.5 Å². The number of aromatic nitrogens is 2. The number of amides is 1. The normalized spacial score (nSPS) is 14.0. The van der Waals surface area contributed by atoms with E-state index in [0.717, 1.165) is 79.0 Å². The van der Waals surface area contributed by atoms with E-state index in [-0.39, 0.29) is 29.5 Å². The largest absolute Gasteiger partial charge is 0.384 e. The first-order valence-corrected chi connectivity index (χ1v) is 20.8. The van der Waals surface area contributed by atoms with Crippen LogP contribution >= 0.6 is 0 Å². The quantitative estimate of drug-likeness (QED) is 0.0709. The zero-order valence-corrected chi connectivity index (χ0v) is 33.9. The monoisotopic (exact) mass is 797 g/mol. The molecule has 0 unspecified atom stereocenters. The van der Waals surface area contributed by atoms with Crippen molar-refractivity contribution in [2.75, 3.05) is 13.1 Å². The lowest BCUT2D eigenvalue weighted by Crippen LogP contribution is -2.44. The van der Waals surface area contributed by atoms with E-state index in [0.29, 0.717) is 36.2 Å². The third-order valence-corrected chi connectivity index (χ3v) is 12.1. The summed E-state index contributed by atoms with van der Waals surface area (Å²) in [7, 11) is 0. The Morgan fingerprint density at radius 1 is 0.717 bits per heavy atom. The predicted octanol–water partition coefficient (Wildman–Crippen LogP) is 8.78. The molecule has 1 saturated heterocycles. The van der Waals surface area contributed by atoms with Crippen molar-refractivity contribution in [2.24, 2.45) is 11.5 Å².